The Morgan fingerprint density at radius 1 is 1.31 bits per heavy atom. The van der Waals surface area contributed by atoms with Crippen molar-refractivity contribution in [3.8, 4) is 0 Å². The fourth-order valence-electron chi connectivity index (χ4n) is 2.99. The molecule has 0 saturated carbocycles. The number of anilines is 1. The number of aryl methyl sites for hydroxylation is 1. The number of nitrogens with zero attached hydrogens (tertiary/aromatic N) is 2. The molecule has 3 rings (SSSR count). The average Bonchev–Trinajstić information content (AvgIpc) is 2.99. The fraction of sp³-hybridized carbons (Fsp3) is 0.227. The highest BCUT2D eigenvalue weighted by atomic mass is 35.5. The number of alkyl halides is 3. The van der Waals surface area contributed by atoms with E-state index in [0.717, 1.165) is 23.4 Å². The molecule has 10 heteroatoms. The molecule has 1 heterocycles. The summed E-state index contributed by atoms with van der Waals surface area (Å²) in [5, 5.41) is 2.33. The van der Waals surface area contributed by atoms with E-state index < -0.39 is 22.9 Å². The molecule has 0 radical (unpaired) electrons. The largest absolute Gasteiger partial charge is 0.418 e. The molecule has 2 aromatic carbocycles. The molecule has 0 aromatic heterocycles. The molecule has 0 bridgehead atoms. The topological polar surface area (TPSA) is 61.8 Å². The zero-order chi connectivity index (χ0) is 23.5. The number of benzene rings is 2. The second-order valence-corrected chi connectivity index (χ2v) is 8.54. The predicted octanol–water partition coefficient (Wildman–Crippen LogP) is 5.81. The summed E-state index contributed by atoms with van der Waals surface area (Å²) in [6.45, 7) is 5.66. The van der Waals surface area contributed by atoms with Gasteiger partial charge >= 0.3 is 6.18 Å². The van der Waals surface area contributed by atoms with Gasteiger partial charge in [-0.3, -0.25) is 14.5 Å². The standard InChI is InChI=1S/C22H19ClF3N3O2S/c1-3-10-29-20(31)18(32-21(29)27-14-9-8-13(2)16(23)11-14)12-19(30)28-17-7-5-4-6-15(17)22(24,25)26/h3-9,11,18H,1,10,12H2,2H3,(H,28,30)/t18-/m0/s1. The van der Waals surface area contributed by atoms with E-state index in [2.05, 4.69) is 16.9 Å². The number of amides is 2. The van der Waals surface area contributed by atoms with Crippen LogP contribution in [0.3, 0.4) is 0 Å². The summed E-state index contributed by atoms with van der Waals surface area (Å²) in [5.74, 6) is -1.07. The maximum Gasteiger partial charge on any atom is 0.418 e. The van der Waals surface area contributed by atoms with Gasteiger partial charge in [-0.25, -0.2) is 4.99 Å². The molecule has 2 aromatic rings. The molecule has 32 heavy (non-hydrogen) atoms. The summed E-state index contributed by atoms with van der Waals surface area (Å²) in [6, 6.07) is 9.89. The van der Waals surface area contributed by atoms with E-state index in [1.807, 2.05) is 6.92 Å². The van der Waals surface area contributed by atoms with Crippen molar-refractivity contribution in [2.24, 2.45) is 4.99 Å². The Kier molecular flexibility index (Phi) is 7.30. The molecular formula is C22H19ClF3N3O2S. The van der Waals surface area contributed by atoms with Crippen molar-refractivity contribution in [1.82, 2.24) is 4.90 Å². The van der Waals surface area contributed by atoms with E-state index in [9.17, 15) is 22.8 Å². The third kappa shape index (κ3) is 5.52. The van der Waals surface area contributed by atoms with E-state index in [1.165, 1.54) is 29.2 Å². The summed E-state index contributed by atoms with van der Waals surface area (Å²) in [7, 11) is 0. The number of halogens is 4. The normalized spacial score (nSPS) is 17.7. The lowest BCUT2D eigenvalue weighted by atomic mass is 10.1. The number of rotatable bonds is 6. The number of hydrogen-bond donors (Lipinski definition) is 1. The molecule has 0 aliphatic carbocycles. The smallest absolute Gasteiger partial charge is 0.325 e. The highest BCUT2D eigenvalue weighted by molar-refractivity contribution is 8.15. The molecule has 1 aliphatic heterocycles. The number of thioether (sulfide) groups is 1. The molecule has 5 nitrogen and oxygen atoms in total. The van der Waals surface area contributed by atoms with E-state index in [1.54, 1.807) is 18.2 Å². The van der Waals surface area contributed by atoms with Gasteiger partial charge in [-0.1, -0.05) is 47.6 Å². The first-order valence-corrected chi connectivity index (χ1v) is 10.8. The molecule has 2 amide bonds. The maximum atomic E-state index is 13.2. The first kappa shape index (κ1) is 23.9. The van der Waals surface area contributed by atoms with Crippen LogP contribution in [0.1, 0.15) is 17.5 Å². The Morgan fingerprint density at radius 2 is 2.03 bits per heavy atom. The minimum Gasteiger partial charge on any atom is -0.325 e. The Balaban J connectivity index is 1.78. The van der Waals surface area contributed by atoms with Crippen LogP contribution in [-0.4, -0.2) is 33.7 Å². The van der Waals surface area contributed by atoms with Crippen molar-refractivity contribution in [3.63, 3.8) is 0 Å². The number of carbonyl (C=O) groups excluding carboxylic acids is 2. The van der Waals surface area contributed by atoms with Gasteiger partial charge in [-0.15, -0.1) is 6.58 Å². The summed E-state index contributed by atoms with van der Waals surface area (Å²) >= 11 is 7.21. The number of hydrogen-bond acceptors (Lipinski definition) is 4. The second kappa shape index (κ2) is 9.79. The molecule has 1 aliphatic rings. The van der Waals surface area contributed by atoms with Crippen molar-refractivity contribution in [2.75, 3.05) is 11.9 Å². The summed E-state index contributed by atoms with van der Waals surface area (Å²) in [4.78, 5) is 31.1. The zero-order valence-corrected chi connectivity index (χ0v) is 18.5. The molecule has 168 valence electrons. The third-order valence-corrected chi connectivity index (χ3v) is 6.17. The number of para-hydroxylation sites is 1. The number of aliphatic imine (C=N–C) groups is 1. The van der Waals surface area contributed by atoms with E-state index in [4.69, 9.17) is 11.6 Å². The minimum absolute atomic E-state index is 0.180. The van der Waals surface area contributed by atoms with Gasteiger partial charge in [0.25, 0.3) is 0 Å². The van der Waals surface area contributed by atoms with Gasteiger partial charge in [0, 0.05) is 18.0 Å². The highest BCUT2D eigenvalue weighted by Gasteiger charge is 2.39. The van der Waals surface area contributed by atoms with Crippen LogP contribution in [0, 0.1) is 6.92 Å². The molecule has 1 fully saturated rings. The SMILES string of the molecule is C=CCN1C(=O)[C@H](CC(=O)Nc2ccccc2C(F)(F)F)SC1=Nc1ccc(C)c(Cl)c1. The first-order valence-electron chi connectivity index (χ1n) is 9.50. The van der Waals surface area contributed by atoms with Crippen LogP contribution in [0.5, 0.6) is 0 Å². The van der Waals surface area contributed by atoms with Crippen molar-refractivity contribution in [3.05, 3.63) is 71.3 Å². The number of amidine groups is 1. The van der Waals surface area contributed by atoms with Crippen LogP contribution >= 0.6 is 23.4 Å². The van der Waals surface area contributed by atoms with Gasteiger partial charge in [0.05, 0.1) is 16.9 Å². The van der Waals surface area contributed by atoms with Crippen molar-refractivity contribution in [2.45, 2.75) is 24.8 Å². The van der Waals surface area contributed by atoms with Crippen LogP contribution in [0.2, 0.25) is 5.02 Å². The van der Waals surface area contributed by atoms with Crippen LogP contribution in [0.4, 0.5) is 24.5 Å². The Bertz CT molecular complexity index is 1090. The Morgan fingerprint density at radius 3 is 2.69 bits per heavy atom. The Hall–Kier alpha value is -2.78. The van der Waals surface area contributed by atoms with Crippen LogP contribution in [0.15, 0.2) is 60.1 Å². The highest BCUT2D eigenvalue weighted by Crippen LogP contribution is 2.36. The lowest BCUT2D eigenvalue weighted by molar-refractivity contribution is -0.137. The van der Waals surface area contributed by atoms with Gasteiger partial charge in [-0.2, -0.15) is 13.2 Å². The fourth-order valence-corrected chi connectivity index (χ4v) is 4.33. The van der Waals surface area contributed by atoms with Gasteiger partial charge in [0.2, 0.25) is 11.8 Å². The van der Waals surface area contributed by atoms with E-state index in [0.29, 0.717) is 15.9 Å². The van der Waals surface area contributed by atoms with Gasteiger partial charge in [0.15, 0.2) is 5.17 Å². The van der Waals surface area contributed by atoms with Gasteiger partial charge in [-0.05, 0) is 36.8 Å². The van der Waals surface area contributed by atoms with Crippen LogP contribution < -0.4 is 5.32 Å². The molecule has 1 saturated heterocycles. The van der Waals surface area contributed by atoms with Crippen molar-refractivity contribution in [1.29, 1.82) is 0 Å². The summed E-state index contributed by atoms with van der Waals surface area (Å²) in [6.07, 6.45) is -3.40. The summed E-state index contributed by atoms with van der Waals surface area (Å²) < 4.78 is 39.5. The van der Waals surface area contributed by atoms with Crippen molar-refractivity contribution < 1.29 is 22.8 Å². The quantitative estimate of drug-likeness (QED) is 0.529. The number of nitrogens with one attached hydrogen (secondary N) is 1. The minimum atomic E-state index is -4.61. The van der Waals surface area contributed by atoms with Crippen LogP contribution in [-0.2, 0) is 15.8 Å². The lowest BCUT2D eigenvalue weighted by Crippen LogP contribution is -2.33. The summed E-state index contributed by atoms with van der Waals surface area (Å²) in [5.41, 5.74) is 0.105. The number of carbonyl (C=O) groups is 2. The van der Waals surface area contributed by atoms with Crippen molar-refractivity contribution >= 4 is 51.7 Å². The monoisotopic (exact) mass is 481 g/mol. The second-order valence-electron chi connectivity index (χ2n) is 6.97. The predicted molar refractivity (Wildman–Crippen MR) is 121 cm³/mol. The van der Waals surface area contributed by atoms with Gasteiger partial charge in [0.1, 0.15) is 5.25 Å². The maximum absolute atomic E-state index is 13.2. The van der Waals surface area contributed by atoms with E-state index in [-0.39, 0.29) is 24.6 Å². The molecule has 0 spiro atoms. The lowest BCUT2D eigenvalue weighted by Gasteiger charge is -2.15. The van der Waals surface area contributed by atoms with Crippen LogP contribution in [0.25, 0.3) is 0 Å². The Labute approximate surface area is 192 Å². The van der Waals surface area contributed by atoms with Gasteiger partial charge < -0.3 is 5.32 Å². The molecule has 1 N–H and O–H groups in total. The average molecular weight is 482 g/mol. The molecular weight excluding hydrogens is 463 g/mol. The van der Waals surface area contributed by atoms with E-state index >= 15 is 0 Å². The molecule has 1 atom stereocenters. The zero-order valence-electron chi connectivity index (χ0n) is 16.9. The molecule has 0 unspecified atom stereocenters. The third-order valence-electron chi connectivity index (χ3n) is 4.59. The first-order chi connectivity index (χ1) is 15.1.